The van der Waals surface area contributed by atoms with E-state index < -0.39 is 5.97 Å². The molecule has 0 spiro atoms. The summed E-state index contributed by atoms with van der Waals surface area (Å²) in [6.45, 7) is 10.5. The lowest BCUT2D eigenvalue weighted by atomic mass is 10.0. The van der Waals surface area contributed by atoms with Gasteiger partial charge in [0.15, 0.2) is 0 Å². The van der Waals surface area contributed by atoms with E-state index in [-0.39, 0.29) is 12.5 Å². The summed E-state index contributed by atoms with van der Waals surface area (Å²) in [5.41, 5.74) is 0. The third-order valence-electron chi connectivity index (χ3n) is 2.83. The molecule has 0 aliphatic heterocycles. The molecule has 0 heterocycles. The fraction of sp³-hybridized carbons (Fsp3) is 0.917. The molecule has 0 saturated heterocycles. The maximum atomic E-state index is 10.6. The molecule has 0 amide bonds. The second-order valence-corrected chi connectivity index (χ2v) is 4.43. The van der Waals surface area contributed by atoms with Gasteiger partial charge in [0.2, 0.25) is 0 Å². The Morgan fingerprint density at radius 3 is 2.33 bits per heavy atom. The van der Waals surface area contributed by atoms with E-state index >= 15 is 0 Å². The van der Waals surface area contributed by atoms with E-state index in [4.69, 9.17) is 5.11 Å². The highest BCUT2D eigenvalue weighted by Gasteiger charge is 2.17. The minimum absolute atomic E-state index is 0.145. The van der Waals surface area contributed by atoms with Crippen molar-refractivity contribution in [3.8, 4) is 0 Å². The molecule has 0 radical (unpaired) electrons. The number of carbonyl (C=O) groups is 1. The Morgan fingerprint density at radius 2 is 1.93 bits per heavy atom. The second kappa shape index (κ2) is 7.69. The van der Waals surface area contributed by atoms with Gasteiger partial charge in [0.05, 0.1) is 6.42 Å². The molecule has 0 aliphatic rings. The Hall–Kier alpha value is -0.570. The highest BCUT2D eigenvalue weighted by Crippen LogP contribution is 2.11. The van der Waals surface area contributed by atoms with Crippen LogP contribution in [0.15, 0.2) is 0 Å². The van der Waals surface area contributed by atoms with Gasteiger partial charge in [-0.15, -0.1) is 0 Å². The van der Waals surface area contributed by atoms with Gasteiger partial charge in [0.1, 0.15) is 0 Å². The molecular weight excluding hydrogens is 190 g/mol. The smallest absolute Gasteiger partial charge is 0.304 e. The van der Waals surface area contributed by atoms with E-state index in [0.717, 1.165) is 13.1 Å². The maximum absolute atomic E-state index is 10.6. The van der Waals surface area contributed by atoms with Gasteiger partial charge in [-0.2, -0.15) is 0 Å². The summed E-state index contributed by atoms with van der Waals surface area (Å²) in [6, 6.07) is 0.145. The van der Waals surface area contributed by atoms with E-state index in [1.165, 1.54) is 12.8 Å². The largest absolute Gasteiger partial charge is 0.481 e. The second-order valence-electron chi connectivity index (χ2n) is 4.43. The van der Waals surface area contributed by atoms with Crippen LogP contribution in [-0.2, 0) is 4.79 Å². The SMILES string of the molecule is CCCC(C)CN(CC)C(C)CC(=O)O. The van der Waals surface area contributed by atoms with Crippen LogP contribution in [0.2, 0.25) is 0 Å². The first-order valence-electron chi connectivity index (χ1n) is 5.97. The summed E-state index contributed by atoms with van der Waals surface area (Å²) >= 11 is 0. The van der Waals surface area contributed by atoms with Gasteiger partial charge in [-0.25, -0.2) is 0 Å². The number of hydrogen-bond acceptors (Lipinski definition) is 2. The zero-order valence-electron chi connectivity index (χ0n) is 10.5. The van der Waals surface area contributed by atoms with Crippen molar-refractivity contribution in [2.45, 2.75) is 53.0 Å². The summed E-state index contributed by atoms with van der Waals surface area (Å²) in [6.07, 6.45) is 2.66. The summed E-state index contributed by atoms with van der Waals surface area (Å²) in [5, 5.41) is 8.74. The average molecular weight is 215 g/mol. The summed E-state index contributed by atoms with van der Waals surface area (Å²) in [4.78, 5) is 12.9. The standard InChI is InChI=1S/C12H25NO2/c1-5-7-10(3)9-13(6-2)11(4)8-12(14)15/h10-11H,5-9H2,1-4H3,(H,14,15). The van der Waals surface area contributed by atoms with Crippen LogP contribution in [0, 0.1) is 5.92 Å². The number of carboxylic acid groups (broad SMARTS) is 1. The molecule has 0 fully saturated rings. The zero-order chi connectivity index (χ0) is 11.8. The van der Waals surface area contributed by atoms with Gasteiger partial charge >= 0.3 is 5.97 Å². The fourth-order valence-electron chi connectivity index (χ4n) is 1.99. The van der Waals surface area contributed by atoms with Gasteiger partial charge in [0, 0.05) is 12.6 Å². The lowest BCUT2D eigenvalue weighted by Crippen LogP contribution is -2.37. The molecule has 0 aromatic heterocycles. The molecule has 2 unspecified atom stereocenters. The average Bonchev–Trinajstić information content (AvgIpc) is 2.13. The van der Waals surface area contributed by atoms with Gasteiger partial charge in [-0.05, 0) is 25.8 Å². The molecule has 90 valence electrons. The van der Waals surface area contributed by atoms with Crippen LogP contribution in [0.25, 0.3) is 0 Å². The van der Waals surface area contributed by atoms with E-state index in [2.05, 4.69) is 25.7 Å². The van der Waals surface area contributed by atoms with Crippen LogP contribution in [-0.4, -0.2) is 35.1 Å². The minimum Gasteiger partial charge on any atom is -0.481 e. The lowest BCUT2D eigenvalue weighted by Gasteiger charge is -2.29. The van der Waals surface area contributed by atoms with Crippen LogP contribution in [0.3, 0.4) is 0 Å². The van der Waals surface area contributed by atoms with E-state index in [9.17, 15) is 4.79 Å². The summed E-state index contributed by atoms with van der Waals surface area (Å²) < 4.78 is 0. The maximum Gasteiger partial charge on any atom is 0.304 e. The number of carboxylic acids is 1. The Morgan fingerprint density at radius 1 is 1.33 bits per heavy atom. The van der Waals surface area contributed by atoms with Gasteiger partial charge in [-0.3, -0.25) is 4.79 Å². The zero-order valence-corrected chi connectivity index (χ0v) is 10.5. The van der Waals surface area contributed by atoms with Crippen LogP contribution in [0.5, 0.6) is 0 Å². The number of aliphatic carboxylic acids is 1. The first kappa shape index (κ1) is 14.4. The molecule has 15 heavy (non-hydrogen) atoms. The molecule has 0 aromatic rings. The number of nitrogens with zero attached hydrogens (tertiary/aromatic N) is 1. The summed E-state index contributed by atoms with van der Waals surface area (Å²) in [7, 11) is 0. The van der Waals surface area contributed by atoms with Crippen molar-refractivity contribution in [1.82, 2.24) is 4.90 Å². The van der Waals surface area contributed by atoms with Crippen LogP contribution < -0.4 is 0 Å². The molecule has 0 bridgehead atoms. The van der Waals surface area contributed by atoms with Crippen molar-refractivity contribution in [3.63, 3.8) is 0 Å². The predicted octanol–water partition coefficient (Wildman–Crippen LogP) is 2.61. The number of hydrogen-bond donors (Lipinski definition) is 1. The van der Waals surface area contributed by atoms with Crippen molar-refractivity contribution in [1.29, 1.82) is 0 Å². The van der Waals surface area contributed by atoms with Crippen molar-refractivity contribution < 1.29 is 9.90 Å². The van der Waals surface area contributed by atoms with Crippen molar-refractivity contribution >= 4 is 5.97 Å². The Labute approximate surface area is 93.5 Å². The fourth-order valence-corrected chi connectivity index (χ4v) is 1.99. The van der Waals surface area contributed by atoms with E-state index in [1.807, 2.05) is 6.92 Å². The molecule has 1 N–H and O–H groups in total. The minimum atomic E-state index is -0.705. The normalized spacial score (nSPS) is 15.3. The Balaban J connectivity index is 4.04. The molecule has 3 heteroatoms. The third-order valence-corrected chi connectivity index (χ3v) is 2.83. The molecule has 0 rings (SSSR count). The molecule has 0 aromatic carbocycles. The molecule has 0 saturated carbocycles. The van der Waals surface area contributed by atoms with Gasteiger partial charge in [-0.1, -0.05) is 27.2 Å². The predicted molar refractivity (Wildman–Crippen MR) is 63.0 cm³/mol. The first-order chi connectivity index (χ1) is 7.01. The monoisotopic (exact) mass is 215 g/mol. The Kier molecular flexibility index (Phi) is 7.39. The van der Waals surface area contributed by atoms with Gasteiger partial charge in [0.25, 0.3) is 0 Å². The molecule has 3 nitrogen and oxygen atoms in total. The van der Waals surface area contributed by atoms with Gasteiger partial charge < -0.3 is 10.0 Å². The molecule has 0 aliphatic carbocycles. The van der Waals surface area contributed by atoms with E-state index in [0.29, 0.717) is 5.92 Å². The first-order valence-corrected chi connectivity index (χ1v) is 5.97. The quantitative estimate of drug-likeness (QED) is 0.676. The topological polar surface area (TPSA) is 40.5 Å². The van der Waals surface area contributed by atoms with Crippen LogP contribution in [0.4, 0.5) is 0 Å². The van der Waals surface area contributed by atoms with E-state index in [1.54, 1.807) is 0 Å². The van der Waals surface area contributed by atoms with Crippen molar-refractivity contribution in [2.24, 2.45) is 5.92 Å². The highest BCUT2D eigenvalue weighted by molar-refractivity contribution is 5.67. The van der Waals surface area contributed by atoms with Crippen LogP contribution >= 0.6 is 0 Å². The Bertz CT molecular complexity index is 182. The van der Waals surface area contributed by atoms with Crippen LogP contribution in [0.1, 0.15) is 47.0 Å². The third kappa shape index (κ3) is 6.50. The van der Waals surface area contributed by atoms with Crippen molar-refractivity contribution in [3.05, 3.63) is 0 Å². The highest BCUT2D eigenvalue weighted by atomic mass is 16.4. The number of rotatable bonds is 8. The van der Waals surface area contributed by atoms with Crippen molar-refractivity contribution in [2.75, 3.05) is 13.1 Å². The lowest BCUT2D eigenvalue weighted by molar-refractivity contribution is -0.138. The molecule has 2 atom stereocenters. The summed E-state index contributed by atoms with van der Waals surface area (Å²) in [5.74, 6) is -0.0460. The molecular formula is C12H25NO2.